The molecule has 0 atom stereocenters. The number of carbonyl (C=O) groups is 1. The molecule has 0 amide bonds. The van der Waals surface area contributed by atoms with Crippen LogP contribution in [0.25, 0.3) is 0 Å². The van der Waals surface area contributed by atoms with Gasteiger partial charge in [0, 0.05) is 35.2 Å². The Morgan fingerprint density at radius 2 is 1.92 bits per heavy atom. The second-order valence-electron chi connectivity index (χ2n) is 6.49. The molecule has 0 saturated heterocycles. The maximum Gasteiger partial charge on any atom is 0.232 e. The number of Topliss-reactive ketones (excluding diaryl/α,β-unsaturated/α-hetero) is 1. The Hall–Kier alpha value is -3.21. The number of para-hydroxylation sites is 1. The largest absolute Gasteiger partial charge is 0.340 e. The van der Waals surface area contributed by atoms with Crippen molar-refractivity contribution in [3.05, 3.63) is 71.4 Å². The third-order valence-electron chi connectivity index (χ3n) is 4.51. The van der Waals surface area contributed by atoms with Gasteiger partial charge in [0.05, 0.1) is 0 Å². The van der Waals surface area contributed by atoms with Gasteiger partial charge in [-0.3, -0.25) is 4.79 Å². The van der Waals surface area contributed by atoms with Crippen LogP contribution in [0, 0.1) is 6.92 Å². The molecule has 0 bridgehead atoms. The van der Waals surface area contributed by atoms with Crippen LogP contribution < -0.4 is 10.2 Å². The molecule has 26 heavy (non-hydrogen) atoms. The summed E-state index contributed by atoms with van der Waals surface area (Å²) in [5.41, 5.74) is 4.89. The van der Waals surface area contributed by atoms with Crippen molar-refractivity contribution in [3.63, 3.8) is 0 Å². The fourth-order valence-corrected chi connectivity index (χ4v) is 3.25. The molecule has 3 aromatic rings. The van der Waals surface area contributed by atoms with Gasteiger partial charge in [0.2, 0.25) is 5.95 Å². The summed E-state index contributed by atoms with van der Waals surface area (Å²) in [5.74, 6) is 1.46. The van der Waals surface area contributed by atoms with Crippen molar-refractivity contribution in [1.82, 2.24) is 9.97 Å². The molecule has 0 radical (unpaired) electrons. The summed E-state index contributed by atoms with van der Waals surface area (Å²) in [5, 5.41) is 3.30. The molecule has 1 aromatic heterocycles. The van der Waals surface area contributed by atoms with Crippen LogP contribution in [-0.4, -0.2) is 22.3 Å². The summed E-state index contributed by atoms with van der Waals surface area (Å²) in [6, 6.07) is 17.7. The Morgan fingerprint density at radius 1 is 1.08 bits per heavy atom. The minimum absolute atomic E-state index is 0.0434. The monoisotopic (exact) mass is 344 g/mol. The van der Waals surface area contributed by atoms with Crippen LogP contribution in [0.5, 0.6) is 0 Å². The van der Waals surface area contributed by atoms with Crippen LogP contribution in [0.1, 0.15) is 28.5 Å². The number of rotatable bonds is 4. The van der Waals surface area contributed by atoms with Crippen molar-refractivity contribution in [3.8, 4) is 0 Å². The number of anilines is 4. The minimum Gasteiger partial charge on any atom is -0.340 e. The fraction of sp³-hybridized carbons (Fsp3) is 0.190. The zero-order valence-corrected chi connectivity index (χ0v) is 14.9. The van der Waals surface area contributed by atoms with Crippen molar-refractivity contribution in [2.45, 2.75) is 20.3 Å². The van der Waals surface area contributed by atoms with Gasteiger partial charge >= 0.3 is 0 Å². The van der Waals surface area contributed by atoms with E-state index < -0.39 is 0 Å². The Balaban J connectivity index is 1.65. The first-order valence-electron chi connectivity index (χ1n) is 8.69. The summed E-state index contributed by atoms with van der Waals surface area (Å²) in [4.78, 5) is 23.1. The second-order valence-corrected chi connectivity index (χ2v) is 6.49. The van der Waals surface area contributed by atoms with Crippen LogP contribution >= 0.6 is 0 Å². The molecule has 130 valence electrons. The highest BCUT2D eigenvalue weighted by atomic mass is 16.1. The van der Waals surface area contributed by atoms with E-state index in [0.29, 0.717) is 11.5 Å². The smallest absolute Gasteiger partial charge is 0.232 e. The van der Waals surface area contributed by atoms with E-state index in [1.54, 1.807) is 6.92 Å². The topological polar surface area (TPSA) is 58.1 Å². The standard InChI is InChI=1S/C21H20N4O/c1-14-12-20(23-18-8-5-7-17(13-18)15(2)26)24-21(22-14)25-11-10-16-6-3-4-9-19(16)25/h3-9,12-13H,10-11H2,1-2H3,(H,22,23,24). The van der Waals surface area contributed by atoms with Gasteiger partial charge in [0.15, 0.2) is 5.78 Å². The first-order valence-corrected chi connectivity index (χ1v) is 8.69. The molecular weight excluding hydrogens is 324 g/mol. The van der Waals surface area contributed by atoms with Crippen LogP contribution in [0.15, 0.2) is 54.6 Å². The van der Waals surface area contributed by atoms with Gasteiger partial charge in [0.1, 0.15) is 5.82 Å². The lowest BCUT2D eigenvalue weighted by atomic mass is 10.1. The van der Waals surface area contributed by atoms with Gasteiger partial charge < -0.3 is 10.2 Å². The van der Waals surface area contributed by atoms with E-state index in [4.69, 9.17) is 4.98 Å². The van der Waals surface area contributed by atoms with Gasteiger partial charge in [0.25, 0.3) is 0 Å². The highest BCUT2D eigenvalue weighted by molar-refractivity contribution is 5.95. The molecule has 0 aliphatic carbocycles. The normalized spacial score (nSPS) is 12.8. The average Bonchev–Trinajstić information content (AvgIpc) is 3.05. The molecule has 1 N–H and O–H groups in total. The van der Waals surface area contributed by atoms with Crippen molar-refractivity contribution in [2.24, 2.45) is 0 Å². The van der Waals surface area contributed by atoms with Gasteiger partial charge in [-0.2, -0.15) is 4.98 Å². The minimum atomic E-state index is 0.0434. The van der Waals surface area contributed by atoms with Crippen LogP contribution in [-0.2, 0) is 6.42 Å². The average molecular weight is 344 g/mol. The van der Waals surface area contributed by atoms with E-state index in [0.717, 1.165) is 30.2 Å². The van der Waals surface area contributed by atoms with Gasteiger partial charge in [-0.05, 0) is 44.0 Å². The molecule has 5 heteroatoms. The second kappa shape index (κ2) is 6.59. The molecule has 0 fully saturated rings. The molecule has 0 saturated carbocycles. The lowest BCUT2D eigenvalue weighted by Crippen LogP contribution is -2.17. The number of aryl methyl sites for hydroxylation is 1. The van der Waals surface area contributed by atoms with E-state index >= 15 is 0 Å². The number of benzene rings is 2. The Kier molecular flexibility index (Phi) is 4.13. The first-order chi connectivity index (χ1) is 12.6. The maximum absolute atomic E-state index is 11.6. The number of nitrogens with zero attached hydrogens (tertiary/aromatic N) is 3. The summed E-state index contributed by atoms with van der Waals surface area (Å²) < 4.78 is 0. The maximum atomic E-state index is 11.6. The number of hydrogen-bond donors (Lipinski definition) is 1. The third-order valence-corrected chi connectivity index (χ3v) is 4.51. The Labute approximate surface area is 152 Å². The first kappa shape index (κ1) is 16.3. The number of nitrogens with one attached hydrogen (secondary N) is 1. The highest BCUT2D eigenvalue weighted by Crippen LogP contribution is 2.33. The van der Waals surface area contributed by atoms with Crippen LogP contribution in [0.3, 0.4) is 0 Å². The van der Waals surface area contributed by atoms with Gasteiger partial charge in [-0.15, -0.1) is 0 Å². The molecule has 4 rings (SSSR count). The lowest BCUT2D eigenvalue weighted by Gasteiger charge is -2.18. The summed E-state index contributed by atoms with van der Waals surface area (Å²) in [6.45, 7) is 4.41. The molecule has 0 unspecified atom stereocenters. The van der Waals surface area contributed by atoms with Crippen molar-refractivity contribution in [1.29, 1.82) is 0 Å². The molecule has 2 aromatic carbocycles. The number of aromatic nitrogens is 2. The molecule has 5 nitrogen and oxygen atoms in total. The van der Waals surface area contributed by atoms with Crippen LogP contribution in [0.4, 0.5) is 23.1 Å². The summed E-state index contributed by atoms with van der Waals surface area (Å²) in [6.07, 6.45) is 0.997. The quantitative estimate of drug-likeness (QED) is 0.710. The van der Waals surface area contributed by atoms with Gasteiger partial charge in [-0.25, -0.2) is 4.98 Å². The molecule has 1 aliphatic heterocycles. The van der Waals surface area contributed by atoms with E-state index in [9.17, 15) is 4.79 Å². The molecule has 0 spiro atoms. The van der Waals surface area contributed by atoms with E-state index in [1.165, 1.54) is 11.3 Å². The molecule has 1 aliphatic rings. The summed E-state index contributed by atoms with van der Waals surface area (Å²) >= 11 is 0. The van der Waals surface area contributed by atoms with E-state index in [-0.39, 0.29) is 5.78 Å². The predicted octanol–water partition coefficient (Wildman–Crippen LogP) is 4.43. The third kappa shape index (κ3) is 3.16. The molecular formula is C21H20N4O. The van der Waals surface area contributed by atoms with Crippen LogP contribution in [0.2, 0.25) is 0 Å². The predicted molar refractivity (Wildman–Crippen MR) is 104 cm³/mol. The lowest BCUT2D eigenvalue weighted by molar-refractivity contribution is 0.101. The summed E-state index contributed by atoms with van der Waals surface area (Å²) in [7, 11) is 0. The number of ketones is 1. The van der Waals surface area contributed by atoms with Crippen molar-refractivity contribution >= 4 is 28.9 Å². The SMILES string of the molecule is CC(=O)c1cccc(Nc2cc(C)nc(N3CCc4ccccc43)n2)c1. The number of carbonyl (C=O) groups excluding carboxylic acids is 1. The zero-order valence-electron chi connectivity index (χ0n) is 14.9. The van der Waals surface area contributed by atoms with E-state index in [2.05, 4.69) is 33.4 Å². The Bertz CT molecular complexity index is 983. The zero-order chi connectivity index (χ0) is 18.1. The fourth-order valence-electron chi connectivity index (χ4n) is 3.25. The highest BCUT2D eigenvalue weighted by Gasteiger charge is 2.22. The van der Waals surface area contributed by atoms with Gasteiger partial charge in [-0.1, -0.05) is 30.3 Å². The Morgan fingerprint density at radius 3 is 2.77 bits per heavy atom. The van der Waals surface area contributed by atoms with E-state index in [1.807, 2.05) is 43.3 Å². The van der Waals surface area contributed by atoms with Crippen molar-refractivity contribution in [2.75, 3.05) is 16.8 Å². The number of hydrogen-bond acceptors (Lipinski definition) is 5. The molecule has 2 heterocycles. The van der Waals surface area contributed by atoms with Crippen molar-refractivity contribution < 1.29 is 4.79 Å². The number of fused-ring (bicyclic) bond motifs is 1.